The summed E-state index contributed by atoms with van der Waals surface area (Å²) in [6.45, 7) is 3.67. The van der Waals surface area contributed by atoms with Crippen LogP contribution in [0, 0.1) is 0 Å². The maximum atomic E-state index is 11.2. The van der Waals surface area contributed by atoms with Crippen molar-refractivity contribution < 1.29 is 13.2 Å². The zero-order valence-corrected chi connectivity index (χ0v) is 10.3. The molecule has 1 N–H and O–H groups in total. The molecule has 0 aromatic carbocycles. The van der Waals surface area contributed by atoms with Gasteiger partial charge in [0, 0.05) is 17.6 Å². The Morgan fingerprint density at radius 3 is 2.23 bits per heavy atom. The van der Waals surface area contributed by atoms with Crippen LogP contribution >= 0.6 is 15.9 Å². The van der Waals surface area contributed by atoms with Gasteiger partial charge >= 0.3 is 0 Å². The molecule has 0 saturated heterocycles. The zero-order valence-electron chi connectivity index (χ0n) is 7.87. The molecule has 6 heteroatoms. The van der Waals surface area contributed by atoms with Crippen LogP contribution in [0.2, 0.25) is 0 Å². The molecule has 78 valence electrons. The number of alkyl halides is 1. The first-order chi connectivity index (χ1) is 5.75. The third-order valence-corrected chi connectivity index (χ3v) is 3.39. The number of hydrogen-bond acceptors (Lipinski definition) is 3. The van der Waals surface area contributed by atoms with Crippen molar-refractivity contribution in [1.29, 1.82) is 0 Å². The van der Waals surface area contributed by atoms with Gasteiger partial charge in [0.1, 0.15) is 5.25 Å². The number of carbonyl (C=O) groups excluding carboxylic acids is 1. The number of nitrogens with one attached hydrogen (secondary N) is 1. The second-order valence-electron chi connectivity index (χ2n) is 3.00. The molecule has 2 atom stereocenters. The monoisotopic (exact) mass is 271 g/mol. The highest BCUT2D eigenvalue weighted by Crippen LogP contribution is 1.99. The van der Waals surface area contributed by atoms with Gasteiger partial charge in [-0.2, -0.15) is 0 Å². The van der Waals surface area contributed by atoms with E-state index >= 15 is 0 Å². The number of amides is 1. The molecule has 0 saturated carbocycles. The average Bonchev–Trinajstić information content (AvgIpc) is 1.96. The first kappa shape index (κ1) is 12.9. The molecule has 0 aromatic heterocycles. The van der Waals surface area contributed by atoms with Crippen LogP contribution in [0.3, 0.4) is 0 Å². The Bertz CT molecular complexity index is 273. The van der Waals surface area contributed by atoms with Crippen LogP contribution in [0.25, 0.3) is 0 Å². The van der Waals surface area contributed by atoms with Crippen LogP contribution in [-0.2, 0) is 14.6 Å². The van der Waals surface area contributed by atoms with E-state index in [0.717, 1.165) is 6.26 Å². The van der Waals surface area contributed by atoms with Crippen molar-refractivity contribution in [2.45, 2.75) is 23.9 Å². The highest BCUT2D eigenvalue weighted by molar-refractivity contribution is 9.09. The van der Waals surface area contributed by atoms with Gasteiger partial charge in [0.2, 0.25) is 5.91 Å². The summed E-state index contributed by atoms with van der Waals surface area (Å²) in [6.07, 6.45) is 1.05. The van der Waals surface area contributed by atoms with E-state index in [-0.39, 0.29) is 4.83 Å². The largest absolute Gasteiger partial charge is 0.354 e. The predicted octanol–water partition coefficient (Wildman–Crippen LogP) is 0.319. The number of halogens is 1. The first-order valence-corrected chi connectivity index (χ1v) is 6.73. The van der Waals surface area contributed by atoms with Crippen LogP contribution in [0.1, 0.15) is 13.8 Å². The van der Waals surface area contributed by atoms with Gasteiger partial charge in [-0.05, 0) is 6.92 Å². The van der Waals surface area contributed by atoms with Crippen molar-refractivity contribution in [3.05, 3.63) is 0 Å². The molecule has 0 aliphatic carbocycles. The molecule has 2 unspecified atom stereocenters. The summed E-state index contributed by atoms with van der Waals surface area (Å²) in [5.74, 6) is -0.450. The Morgan fingerprint density at radius 1 is 1.46 bits per heavy atom. The third-order valence-electron chi connectivity index (χ3n) is 1.57. The SMILES string of the molecule is CC(Br)CNC(=O)C(C)S(C)(=O)=O. The molecule has 0 radical (unpaired) electrons. The van der Waals surface area contributed by atoms with Crippen molar-refractivity contribution >= 4 is 31.7 Å². The molecule has 0 aliphatic heterocycles. The summed E-state index contributed by atoms with van der Waals surface area (Å²) >= 11 is 3.24. The van der Waals surface area contributed by atoms with E-state index < -0.39 is 21.0 Å². The van der Waals surface area contributed by atoms with Crippen LogP contribution in [-0.4, -0.2) is 37.2 Å². The first-order valence-electron chi connectivity index (χ1n) is 3.85. The molecule has 0 spiro atoms. The van der Waals surface area contributed by atoms with Gasteiger partial charge in [-0.15, -0.1) is 0 Å². The highest BCUT2D eigenvalue weighted by Gasteiger charge is 2.22. The number of sulfone groups is 1. The van der Waals surface area contributed by atoms with Gasteiger partial charge in [0.25, 0.3) is 0 Å². The summed E-state index contributed by atoms with van der Waals surface area (Å²) in [6, 6.07) is 0. The average molecular weight is 272 g/mol. The van der Waals surface area contributed by atoms with Gasteiger partial charge in [-0.1, -0.05) is 22.9 Å². The minimum Gasteiger partial charge on any atom is -0.354 e. The van der Waals surface area contributed by atoms with Gasteiger partial charge in [0.15, 0.2) is 9.84 Å². The fourth-order valence-corrected chi connectivity index (χ4v) is 1.21. The van der Waals surface area contributed by atoms with E-state index in [0.29, 0.717) is 6.54 Å². The van der Waals surface area contributed by atoms with Crippen LogP contribution in [0.15, 0.2) is 0 Å². The van der Waals surface area contributed by atoms with Gasteiger partial charge in [0.05, 0.1) is 0 Å². The normalized spacial score (nSPS) is 16.3. The second kappa shape index (κ2) is 4.95. The van der Waals surface area contributed by atoms with E-state index in [4.69, 9.17) is 0 Å². The molecule has 1 amide bonds. The molecule has 0 bridgehead atoms. The topological polar surface area (TPSA) is 63.2 Å². The quantitative estimate of drug-likeness (QED) is 0.750. The molecule has 0 aromatic rings. The Kier molecular flexibility index (Phi) is 4.91. The lowest BCUT2D eigenvalue weighted by Gasteiger charge is -2.10. The van der Waals surface area contributed by atoms with Gasteiger partial charge in [-0.3, -0.25) is 4.79 Å². The fourth-order valence-electron chi connectivity index (χ4n) is 0.579. The molecular weight excluding hydrogens is 258 g/mol. The highest BCUT2D eigenvalue weighted by atomic mass is 79.9. The van der Waals surface area contributed by atoms with E-state index in [2.05, 4.69) is 21.2 Å². The van der Waals surface area contributed by atoms with E-state index in [1.165, 1.54) is 6.92 Å². The van der Waals surface area contributed by atoms with E-state index in [1.807, 2.05) is 6.92 Å². The lowest BCUT2D eigenvalue weighted by molar-refractivity contribution is -0.120. The summed E-state index contributed by atoms with van der Waals surface area (Å²) in [4.78, 5) is 11.3. The van der Waals surface area contributed by atoms with E-state index in [9.17, 15) is 13.2 Å². The van der Waals surface area contributed by atoms with Crippen molar-refractivity contribution in [1.82, 2.24) is 5.32 Å². The van der Waals surface area contributed by atoms with Crippen molar-refractivity contribution in [3.8, 4) is 0 Å². The second-order valence-corrected chi connectivity index (χ2v) is 6.93. The molecule has 0 fully saturated rings. The minimum atomic E-state index is -3.28. The molecule has 0 rings (SSSR count). The zero-order chi connectivity index (χ0) is 10.6. The Hall–Kier alpha value is -0.100. The maximum absolute atomic E-state index is 11.2. The van der Waals surface area contributed by atoms with Gasteiger partial charge in [-0.25, -0.2) is 8.42 Å². The van der Waals surface area contributed by atoms with Crippen molar-refractivity contribution in [2.75, 3.05) is 12.8 Å². The molecule has 0 aliphatic rings. The van der Waals surface area contributed by atoms with E-state index in [1.54, 1.807) is 0 Å². The van der Waals surface area contributed by atoms with Crippen molar-refractivity contribution in [3.63, 3.8) is 0 Å². The Morgan fingerprint density at radius 2 is 1.92 bits per heavy atom. The molecule has 13 heavy (non-hydrogen) atoms. The summed E-state index contributed by atoms with van der Waals surface area (Å²) in [5.41, 5.74) is 0. The summed E-state index contributed by atoms with van der Waals surface area (Å²) < 4.78 is 21.9. The molecular formula is C7H14BrNO3S. The minimum absolute atomic E-state index is 0.142. The molecule has 4 nitrogen and oxygen atoms in total. The number of hydrogen-bond donors (Lipinski definition) is 1. The van der Waals surface area contributed by atoms with Gasteiger partial charge < -0.3 is 5.32 Å². The summed E-state index contributed by atoms with van der Waals surface area (Å²) in [7, 11) is -3.28. The van der Waals surface area contributed by atoms with Crippen molar-refractivity contribution in [2.24, 2.45) is 0 Å². The Labute approximate surface area is 87.1 Å². The summed E-state index contributed by atoms with van der Waals surface area (Å²) in [5, 5.41) is 1.55. The fraction of sp³-hybridized carbons (Fsp3) is 0.857. The van der Waals surface area contributed by atoms with Crippen LogP contribution in [0.5, 0.6) is 0 Å². The standard InChI is InChI=1S/C7H14BrNO3S/c1-5(8)4-9-7(10)6(2)13(3,11)12/h5-6H,4H2,1-3H3,(H,9,10). The number of rotatable bonds is 4. The maximum Gasteiger partial charge on any atom is 0.238 e. The smallest absolute Gasteiger partial charge is 0.238 e. The third kappa shape index (κ3) is 5.25. The van der Waals surface area contributed by atoms with Crippen LogP contribution < -0.4 is 5.32 Å². The predicted molar refractivity (Wildman–Crippen MR) is 55.7 cm³/mol. The Balaban J connectivity index is 4.14. The number of carbonyl (C=O) groups is 1. The molecule has 0 heterocycles. The van der Waals surface area contributed by atoms with Crippen LogP contribution in [0.4, 0.5) is 0 Å². The lowest BCUT2D eigenvalue weighted by Crippen LogP contribution is -2.39. The lowest BCUT2D eigenvalue weighted by atomic mass is 10.4.